The molecule has 17 heavy (non-hydrogen) atoms. The fourth-order valence-electron chi connectivity index (χ4n) is 1.52. The van der Waals surface area contributed by atoms with Gasteiger partial charge in [-0.25, -0.2) is 13.2 Å². The van der Waals surface area contributed by atoms with Gasteiger partial charge in [-0.1, -0.05) is 0 Å². The molecule has 0 aromatic rings. The molecule has 1 atom stereocenters. The van der Waals surface area contributed by atoms with Gasteiger partial charge in [0, 0.05) is 19.0 Å². The van der Waals surface area contributed by atoms with E-state index in [0.717, 1.165) is 0 Å². The molecule has 1 saturated heterocycles. The Hall–Kier alpha value is -0.820. The Morgan fingerprint density at radius 2 is 1.88 bits per heavy atom. The van der Waals surface area contributed by atoms with Gasteiger partial charge >= 0.3 is 6.09 Å². The van der Waals surface area contributed by atoms with E-state index >= 15 is 0 Å². The van der Waals surface area contributed by atoms with Crippen LogP contribution in [0.5, 0.6) is 0 Å². The summed E-state index contributed by atoms with van der Waals surface area (Å²) in [6, 6.07) is 0. The molecule has 0 aromatic heterocycles. The van der Waals surface area contributed by atoms with Crippen LogP contribution in [0.25, 0.3) is 0 Å². The lowest BCUT2D eigenvalue weighted by Crippen LogP contribution is -2.56. The number of nitrogens with zero attached hydrogens (tertiary/aromatic N) is 1. The fourth-order valence-corrected chi connectivity index (χ4v) is 2.16. The third kappa shape index (κ3) is 3.85. The maximum atomic E-state index is 11.5. The number of amides is 1. The van der Waals surface area contributed by atoms with E-state index in [2.05, 4.69) is 0 Å². The monoisotopic (exact) mass is 264 g/mol. The molecule has 0 radical (unpaired) electrons. The van der Waals surface area contributed by atoms with Gasteiger partial charge in [-0.3, -0.25) is 0 Å². The van der Waals surface area contributed by atoms with Gasteiger partial charge in [-0.05, 0) is 27.7 Å². The van der Waals surface area contributed by atoms with Gasteiger partial charge in [0.1, 0.15) is 5.60 Å². The maximum Gasteiger partial charge on any atom is 0.410 e. The topological polar surface area (TPSA) is 86.7 Å². The Bertz CT molecular complexity index is 391. The van der Waals surface area contributed by atoms with Crippen LogP contribution in [0, 0.1) is 5.92 Å². The Morgan fingerprint density at radius 1 is 1.41 bits per heavy atom. The molecule has 100 valence electrons. The normalized spacial score (nSPS) is 19.7. The smallest absolute Gasteiger partial charge is 0.410 e. The number of carbonyl (C=O) groups excluding carboxylic acids is 1. The van der Waals surface area contributed by atoms with Crippen LogP contribution < -0.4 is 0 Å². The molecule has 1 rings (SSSR count). The lowest BCUT2D eigenvalue weighted by atomic mass is 9.97. The molecule has 0 aromatic carbocycles. The zero-order chi connectivity index (χ0) is 13.4. The van der Waals surface area contributed by atoms with E-state index in [4.69, 9.17) is 4.74 Å². The van der Waals surface area contributed by atoms with E-state index in [1.165, 1.54) is 11.8 Å². The Morgan fingerprint density at radius 3 is 2.24 bits per heavy atom. The number of hydrogen-bond acceptors (Lipinski definition) is 5. The van der Waals surface area contributed by atoms with Gasteiger partial charge in [-0.15, -0.1) is 0 Å². The highest BCUT2D eigenvalue weighted by Gasteiger charge is 2.38. The van der Waals surface area contributed by atoms with Crippen LogP contribution in [0.3, 0.4) is 0 Å². The zero-order valence-electron chi connectivity index (χ0n) is 10.5. The first-order valence-corrected chi connectivity index (χ1v) is 6.90. The minimum Gasteiger partial charge on any atom is -0.748 e. The lowest BCUT2D eigenvalue weighted by Gasteiger charge is -2.42. The third-order valence-electron chi connectivity index (χ3n) is 2.68. The van der Waals surface area contributed by atoms with Gasteiger partial charge in [0.15, 0.2) is 0 Å². The number of carbonyl (C=O) groups is 1. The molecule has 6 nitrogen and oxygen atoms in total. The van der Waals surface area contributed by atoms with Crippen LogP contribution in [0.1, 0.15) is 27.7 Å². The van der Waals surface area contributed by atoms with Crippen molar-refractivity contribution < 1.29 is 22.5 Å². The first-order valence-electron chi connectivity index (χ1n) is 5.43. The van der Waals surface area contributed by atoms with E-state index < -0.39 is 27.1 Å². The first-order chi connectivity index (χ1) is 7.50. The molecule has 7 heteroatoms. The average Bonchev–Trinajstić information content (AvgIpc) is 1.94. The van der Waals surface area contributed by atoms with Crippen LogP contribution in [0.15, 0.2) is 0 Å². The van der Waals surface area contributed by atoms with Crippen LogP contribution in [0.4, 0.5) is 4.79 Å². The minimum absolute atomic E-state index is 0.261. The summed E-state index contributed by atoms with van der Waals surface area (Å²) in [4.78, 5) is 12.9. The van der Waals surface area contributed by atoms with Gasteiger partial charge in [0.25, 0.3) is 0 Å². The van der Waals surface area contributed by atoms with Crippen molar-refractivity contribution in [1.82, 2.24) is 4.90 Å². The van der Waals surface area contributed by atoms with Gasteiger partial charge in [-0.2, -0.15) is 0 Å². The van der Waals surface area contributed by atoms with Crippen molar-refractivity contribution in [2.75, 3.05) is 13.1 Å². The van der Waals surface area contributed by atoms with Crippen molar-refractivity contribution in [1.29, 1.82) is 0 Å². The highest BCUT2D eigenvalue weighted by molar-refractivity contribution is 7.86. The molecular formula is C10H18NO5S-. The predicted molar refractivity (Wildman–Crippen MR) is 60.5 cm³/mol. The largest absolute Gasteiger partial charge is 0.748 e. The highest BCUT2D eigenvalue weighted by Crippen LogP contribution is 2.25. The average molecular weight is 264 g/mol. The second-order valence-corrected chi connectivity index (χ2v) is 7.07. The number of ether oxygens (including phenoxy) is 1. The Balaban J connectivity index is 2.45. The molecule has 1 amide bonds. The van der Waals surface area contributed by atoms with Crippen LogP contribution >= 0.6 is 0 Å². The fraction of sp³-hybridized carbons (Fsp3) is 0.900. The van der Waals surface area contributed by atoms with Gasteiger partial charge in [0.05, 0.1) is 15.4 Å². The molecule has 0 aliphatic carbocycles. The summed E-state index contributed by atoms with van der Waals surface area (Å²) in [6.07, 6.45) is -0.468. The van der Waals surface area contributed by atoms with Crippen LogP contribution in [0.2, 0.25) is 0 Å². The molecule has 1 fully saturated rings. The van der Waals surface area contributed by atoms with Crippen molar-refractivity contribution in [3.63, 3.8) is 0 Å². The molecule has 0 N–H and O–H groups in total. The van der Waals surface area contributed by atoms with Crippen LogP contribution in [-0.4, -0.2) is 47.9 Å². The summed E-state index contributed by atoms with van der Waals surface area (Å²) < 4.78 is 37.5. The van der Waals surface area contributed by atoms with E-state index in [1.54, 1.807) is 20.8 Å². The van der Waals surface area contributed by atoms with Crippen molar-refractivity contribution in [3.8, 4) is 0 Å². The number of hydrogen-bond donors (Lipinski definition) is 0. The van der Waals surface area contributed by atoms with Gasteiger partial charge in [0.2, 0.25) is 0 Å². The summed E-state index contributed by atoms with van der Waals surface area (Å²) in [6.45, 7) is 7.17. The summed E-state index contributed by atoms with van der Waals surface area (Å²) in [5, 5.41) is -0.957. The second kappa shape index (κ2) is 4.45. The number of likely N-dealkylation sites (tertiary alicyclic amines) is 1. The maximum absolute atomic E-state index is 11.5. The zero-order valence-corrected chi connectivity index (χ0v) is 11.3. The summed E-state index contributed by atoms with van der Waals surface area (Å²) in [5.74, 6) is -0.287. The number of rotatable bonds is 2. The second-order valence-electron chi connectivity index (χ2n) is 5.34. The summed E-state index contributed by atoms with van der Waals surface area (Å²) in [7, 11) is -4.28. The first kappa shape index (κ1) is 14.2. The molecule has 0 spiro atoms. The Kier molecular flexibility index (Phi) is 3.73. The molecule has 1 unspecified atom stereocenters. The molecule has 1 aliphatic heterocycles. The quantitative estimate of drug-likeness (QED) is 0.688. The predicted octanol–water partition coefficient (Wildman–Crippen LogP) is 0.787. The van der Waals surface area contributed by atoms with E-state index in [0.29, 0.717) is 0 Å². The highest BCUT2D eigenvalue weighted by atomic mass is 32.2. The Labute approximate surface area is 102 Å². The summed E-state index contributed by atoms with van der Waals surface area (Å²) in [5.41, 5.74) is -0.571. The lowest BCUT2D eigenvalue weighted by molar-refractivity contribution is -0.00128. The van der Waals surface area contributed by atoms with E-state index in [1.807, 2.05) is 0 Å². The third-order valence-corrected chi connectivity index (χ3v) is 3.98. The van der Waals surface area contributed by atoms with Crippen molar-refractivity contribution in [3.05, 3.63) is 0 Å². The summed E-state index contributed by atoms with van der Waals surface area (Å²) >= 11 is 0. The molecular weight excluding hydrogens is 246 g/mol. The standard InChI is InChI=1S/C10H19NO5S/c1-7(17(13,14)15)8-5-11(6-8)9(12)16-10(2,3)4/h7-8H,5-6H2,1-4H3,(H,13,14,15)/p-1. The van der Waals surface area contributed by atoms with Crippen molar-refractivity contribution in [2.24, 2.45) is 5.92 Å². The molecule has 1 aliphatic rings. The molecule has 0 saturated carbocycles. The SMILES string of the molecule is CC(C1CN(C(=O)OC(C)(C)C)C1)S(=O)(=O)[O-]. The van der Waals surface area contributed by atoms with Gasteiger partial charge < -0.3 is 14.2 Å². The van der Waals surface area contributed by atoms with Crippen LogP contribution in [-0.2, 0) is 14.9 Å². The minimum atomic E-state index is -4.28. The van der Waals surface area contributed by atoms with Crippen molar-refractivity contribution >= 4 is 16.2 Å². The molecule has 0 bridgehead atoms. The van der Waals surface area contributed by atoms with E-state index in [9.17, 15) is 17.8 Å². The molecule has 1 heterocycles. The van der Waals surface area contributed by atoms with E-state index in [-0.39, 0.29) is 19.0 Å². The van der Waals surface area contributed by atoms with Crippen molar-refractivity contribution in [2.45, 2.75) is 38.5 Å².